The minimum absolute atomic E-state index is 0.0682. The predicted octanol–water partition coefficient (Wildman–Crippen LogP) is 1.49. The van der Waals surface area contributed by atoms with Crippen molar-refractivity contribution < 1.29 is 4.74 Å². The van der Waals surface area contributed by atoms with Gasteiger partial charge in [-0.05, 0) is 39.8 Å². The molecule has 0 aliphatic carbocycles. The van der Waals surface area contributed by atoms with Gasteiger partial charge in [0.05, 0.1) is 5.60 Å². The Labute approximate surface area is 94.2 Å². The maximum atomic E-state index is 5.60. The molecule has 90 valence electrons. The van der Waals surface area contributed by atoms with Crippen molar-refractivity contribution in [1.82, 2.24) is 10.2 Å². The molecular formula is C12H26N2O. The quantitative estimate of drug-likeness (QED) is 0.750. The van der Waals surface area contributed by atoms with E-state index in [-0.39, 0.29) is 5.60 Å². The van der Waals surface area contributed by atoms with E-state index in [2.05, 4.69) is 31.0 Å². The van der Waals surface area contributed by atoms with Crippen molar-refractivity contribution in [2.45, 2.75) is 45.3 Å². The zero-order valence-electron chi connectivity index (χ0n) is 10.7. The van der Waals surface area contributed by atoms with E-state index in [1.54, 1.807) is 0 Å². The largest absolute Gasteiger partial charge is 0.377 e. The molecule has 1 fully saturated rings. The van der Waals surface area contributed by atoms with Gasteiger partial charge >= 0.3 is 0 Å². The second-order valence-electron chi connectivity index (χ2n) is 4.88. The highest BCUT2D eigenvalue weighted by molar-refractivity contribution is 4.87. The summed E-state index contributed by atoms with van der Waals surface area (Å²) in [5.41, 5.74) is 0.0682. The summed E-state index contributed by atoms with van der Waals surface area (Å²) in [6.45, 7) is 11.1. The van der Waals surface area contributed by atoms with Crippen molar-refractivity contribution in [3.05, 3.63) is 0 Å². The van der Waals surface area contributed by atoms with Gasteiger partial charge in [0.25, 0.3) is 0 Å². The van der Waals surface area contributed by atoms with Gasteiger partial charge in [-0.15, -0.1) is 0 Å². The maximum absolute atomic E-state index is 5.60. The first-order chi connectivity index (χ1) is 7.11. The number of likely N-dealkylation sites (N-methyl/N-ethyl adjacent to an activating group) is 1. The Kier molecular flexibility index (Phi) is 5.03. The van der Waals surface area contributed by atoms with E-state index >= 15 is 0 Å². The first-order valence-corrected chi connectivity index (χ1v) is 6.11. The van der Waals surface area contributed by atoms with Crippen LogP contribution in [-0.2, 0) is 4.74 Å². The smallest absolute Gasteiger partial charge is 0.0777 e. The van der Waals surface area contributed by atoms with Crippen LogP contribution in [0.2, 0.25) is 0 Å². The van der Waals surface area contributed by atoms with Crippen LogP contribution in [0.3, 0.4) is 0 Å². The highest BCUT2D eigenvalue weighted by Gasteiger charge is 2.32. The van der Waals surface area contributed by atoms with Gasteiger partial charge in [0.15, 0.2) is 0 Å². The van der Waals surface area contributed by atoms with Crippen molar-refractivity contribution >= 4 is 0 Å². The Morgan fingerprint density at radius 1 is 1.53 bits per heavy atom. The Morgan fingerprint density at radius 2 is 2.27 bits per heavy atom. The molecule has 0 spiro atoms. The average molecular weight is 214 g/mol. The molecule has 0 bridgehead atoms. The van der Waals surface area contributed by atoms with Crippen molar-refractivity contribution in [2.24, 2.45) is 0 Å². The maximum Gasteiger partial charge on any atom is 0.0777 e. The lowest BCUT2D eigenvalue weighted by Crippen LogP contribution is -2.52. The minimum Gasteiger partial charge on any atom is -0.377 e. The van der Waals surface area contributed by atoms with Crippen LogP contribution in [0.4, 0.5) is 0 Å². The van der Waals surface area contributed by atoms with Gasteiger partial charge in [-0.3, -0.25) is 4.90 Å². The number of piperidine rings is 1. The molecule has 0 saturated carbocycles. The zero-order chi connectivity index (χ0) is 11.3. The fourth-order valence-electron chi connectivity index (χ4n) is 2.27. The topological polar surface area (TPSA) is 24.5 Å². The summed E-state index contributed by atoms with van der Waals surface area (Å²) in [5.74, 6) is 0. The normalized spacial score (nSPS) is 30.4. The summed E-state index contributed by atoms with van der Waals surface area (Å²) in [4.78, 5) is 2.54. The number of hydrogen-bond acceptors (Lipinski definition) is 3. The van der Waals surface area contributed by atoms with Crippen LogP contribution in [-0.4, -0.2) is 49.8 Å². The van der Waals surface area contributed by atoms with Crippen LogP contribution in [0.5, 0.6) is 0 Å². The van der Waals surface area contributed by atoms with Crippen molar-refractivity contribution in [1.29, 1.82) is 0 Å². The van der Waals surface area contributed by atoms with Crippen molar-refractivity contribution in [3.63, 3.8) is 0 Å². The molecule has 2 unspecified atom stereocenters. The van der Waals surface area contributed by atoms with Crippen LogP contribution >= 0.6 is 0 Å². The second kappa shape index (κ2) is 5.83. The molecule has 1 aliphatic rings. The Balaban J connectivity index is 2.41. The molecule has 0 radical (unpaired) electrons. The molecule has 0 aromatic rings. The molecule has 0 aromatic carbocycles. The van der Waals surface area contributed by atoms with E-state index in [0.29, 0.717) is 6.04 Å². The van der Waals surface area contributed by atoms with Gasteiger partial charge in [-0.25, -0.2) is 0 Å². The number of rotatable bonds is 5. The van der Waals surface area contributed by atoms with Crippen LogP contribution in [0.25, 0.3) is 0 Å². The number of likely N-dealkylation sites (tertiary alicyclic amines) is 1. The average Bonchev–Trinajstić information content (AvgIpc) is 2.26. The summed E-state index contributed by atoms with van der Waals surface area (Å²) in [6, 6.07) is 0.611. The molecule has 3 nitrogen and oxygen atoms in total. The minimum atomic E-state index is 0.0682. The number of nitrogens with zero attached hydrogens (tertiary/aromatic N) is 1. The summed E-state index contributed by atoms with van der Waals surface area (Å²) in [6.07, 6.45) is 2.44. The number of methoxy groups -OCH3 is 1. The zero-order valence-corrected chi connectivity index (χ0v) is 10.7. The summed E-state index contributed by atoms with van der Waals surface area (Å²) >= 11 is 0. The van der Waals surface area contributed by atoms with Crippen LogP contribution in [0, 0.1) is 0 Å². The molecule has 1 heterocycles. The molecule has 1 aliphatic heterocycles. The number of nitrogens with one attached hydrogen (secondary N) is 1. The molecule has 0 amide bonds. The predicted molar refractivity (Wildman–Crippen MR) is 64.2 cm³/mol. The van der Waals surface area contributed by atoms with Crippen molar-refractivity contribution in [3.8, 4) is 0 Å². The summed E-state index contributed by atoms with van der Waals surface area (Å²) in [5, 5.41) is 3.41. The molecule has 1 N–H and O–H groups in total. The van der Waals surface area contributed by atoms with Crippen LogP contribution in [0.15, 0.2) is 0 Å². The lowest BCUT2D eigenvalue weighted by atomic mass is 9.94. The van der Waals surface area contributed by atoms with E-state index in [1.165, 1.54) is 19.4 Å². The van der Waals surface area contributed by atoms with Gasteiger partial charge in [-0.2, -0.15) is 0 Å². The van der Waals surface area contributed by atoms with Gasteiger partial charge in [-0.1, -0.05) is 6.92 Å². The Hall–Kier alpha value is -0.120. The second-order valence-corrected chi connectivity index (χ2v) is 4.88. The molecule has 2 atom stereocenters. The lowest BCUT2D eigenvalue weighted by Gasteiger charge is -2.42. The molecular weight excluding hydrogens is 188 g/mol. The van der Waals surface area contributed by atoms with Gasteiger partial charge in [0.2, 0.25) is 0 Å². The first kappa shape index (κ1) is 12.9. The highest BCUT2D eigenvalue weighted by atomic mass is 16.5. The van der Waals surface area contributed by atoms with Gasteiger partial charge in [0.1, 0.15) is 0 Å². The standard InChI is InChI=1S/C12H26N2O/c1-5-13-9-11(2)14-8-6-7-12(3,10-14)15-4/h11,13H,5-10H2,1-4H3. The third-order valence-corrected chi connectivity index (χ3v) is 3.49. The third-order valence-electron chi connectivity index (χ3n) is 3.49. The third kappa shape index (κ3) is 3.74. The van der Waals surface area contributed by atoms with Crippen molar-refractivity contribution in [2.75, 3.05) is 33.3 Å². The number of hydrogen-bond donors (Lipinski definition) is 1. The van der Waals surface area contributed by atoms with E-state index in [0.717, 1.165) is 19.6 Å². The van der Waals surface area contributed by atoms with Gasteiger partial charge in [0, 0.05) is 26.2 Å². The van der Waals surface area contributed by atoms with Gasteiger partial charge < -0.3 is 10.1 Å². The van der Waals surface area contributed by atoms with E-state index in [4.69, 9.17) is 4.74 Å². The summed E-state index contributed by atoms with van der Waals surface area (Å²) < 4.78 is 5.60. The SMILES string of the molecule is CCNCC(C)N1CCCC(C)(OC)C1. The molecule has 0 aromatic heterocycles. The fraction of sp³-hybridized carbons (Fsp3) is 1.00. The summed E-state index contributed by atoms with van der Waals surface area (Å²) in [7, 11) is 1.83. The Bertz CT molecular complexity index is 186. The van der Waals surface area contributed by atoms with E-state index < -0.39 is 0 Å². The Morgan fingerprint density at radius 3 is 2.87 bits per heavy atom. The highest BCUT2D eigenvalue weighted by Crippen LogP contribution is 2.24. The first-order valence-electron chi connectivity index (χ1n) is 6.11. The van der Waals surface area contributed by atoms with E-state index in [1.807, 2.05) is 7.11 Å². The molecule has 1 saturated heterocycles. The molecule has 15 heavy (non-hydrogen) atoms. The lowest BCUT2D eigenvalue weighted by molar-refractivity contribution is -0.0592. The van der Waals surface area contributed by atoms with Crippen LogP contribution in [0.1, 0.15) is 33.6 Å². The fourth-order valence-corrected chi connectivity index (χ4v) is 2.27. The molecule has 3 heteroatoms. The monoisotopic (exact) mass is 214 g/mol. The number of ether oxygens (including phenoxy) is 1. The van der Waals surface area contributed by atoms with E-state index in [9.17, 15) is 0 Å². The molecule has 1 rings (SSSR count). The van der Waals surface area contributed by atoms with Crippen LogP contribution < -0.4 is 5.32 Å².